The third kappa shape index (κ3) is 4.99. The van der Waals surface area contributed by atoms with Crippen molar-refractivity contribution in [1.82, 2.24) is 9.88 Å². The van der Waals surface area contributed by atoms with Crippen LogP contribution in [-0.2, 0) is 17.8 Å². The van der Waals surface area contributed by atoms with Gasteiger partial charge in [0.05, 0.1) is 6.10 Å². The summed E-state index contributed by atoms with van der Waals surface area (Å²) in [6, 6.07) is 10.5. The van der Waals surface area contributed by atoms with Crippen LogP contribution in [0.4, 0.5) is 4.39 Å². The zero-order chi connectivity index (χ0) is 16.1. The van der Waals surface area contributed by atoms with Crippen molar-refractivity contribution < 1.29 is 9.13 Å². The zero-order valence-corrected chi connectivity index (χ0v) is 13.7. The number of hydrogen-bond acceptors (Lipinski definition) is 3. The van der Waals surface area contributed by atoms with Crippen molar-refractivity contribution >= 4 is 11.6 Å². The first-order chi connectivity index (χ1) is 11.2. The van der Waals surface area contributed by atoms with Crippen LogP contribution < -0.4 is 0 Å². The van der Waals surface area contributed by atoms with Gasteiger partial charge in [-0.3, -0.25) is 4.90 Å². The minimum atomic E-state index is -0.207. The van der Waals surface area contributed by atoms with Crippen LogP contribution in [0.3, 0.4) is 0 Å². The van der Waals surface area contributed by atoms with E-state index in [0.29, 0.717) is 5.15 Å². The summed E-state index contributed by atoms with van der Waals surface area (Å²) in [6.45, 7) is 3.22. The summed E-state index contributed by atoms with van der Waals surface area (Å²) in [4.78, 5) is 6.45. The summed E-state index contributed by atoms with van der Waals surface area (Å²) < 4.78 is 18.8. The van der Waals surface area contributed by atoms with Crippen LogP contribution in [-0.4, -0.2) is 29.1 Å². The lowest BCUT2D eigenvalue weighted by molar-refractivity contribution is 0.0678. The lowest BCUT2D eigenvalue weighted by atomic mass is 10.1. The highest BCUT2D eigenvalue weighted by Gasteiger charge is 2.19. The molecule has 2 heterocycles. The van der Waals surface area contributed by atoms with Gasteiger partial charge in [-0.25, -0.2) is 9.37 Å². The maximum atomic E-state index is 13.1. The van der Waals surface area contributed by atoms with E-state index >= 15 is 0 Å². The van der Waals surface area contributed by atoms with E-state index in [4.69, 9.17) is 16.3 Å². The molecule has 122 valence electrons. The Labute approximate surface area is 141 Å². The Morgan fingerprint density at radius 1 is 1.13 bits per heavy atom. The fourth-order valence-electron chi connectivity index (χ4n) is 2.87. The predicted octanol–water partition coefficient (Wildman–Crippen LogP) is 4.06. The van der Waals surface area contributed by atoms with Crippen molar-refractivity contribution in [2.24, 2.45) is 0 Å². The van der Waals surface area contributed by atoms with Crippen molar-refractivity contribution in [3.63, 3.8) is 0 Å². The van der Waals surface area contributed by atoms with E-state index < -0.39 is 0 Å². The van der Waals surface area contributed by atoms with Crippen LogP contribution in [0.5, 0.6) is 0 Å². The van der Waals surface area contributed by atoms with Crippen LogP contribution >= 0.6 is 11.6 Å². The Hall–Kier alpha value is -1.49. The van der Waals surface area contributed by atoms with Crippen molar-refractivity contribution in [3.05, 3.63) is 64.7 Å². The van der Waals surface area contributed by atoms with E-state index in [1.165, 1.54) is 12.1 Å². The molecule has 0 unspecified atom stereocenters. The molecule has 1 aromatic heterocycles. The number of halogens is 2. The summed E-state index contributed by atoms with van der Waals surface area (Å²) in [6.07, 6.45) is 4.29. The highest BCUT2D eigenvalue weighted by atomic mass is 35.5. The van der Waals surface area contributed by atoms with Gasteiger partial charge in [0, 0.05) is 32.4 Å². The molecule has 1 saturated heterocycles. The Kier molecular flexibility index (Phi) is 5.60. The summed E-state index contributed by atoms with van der Waals surface area (Å²) in [5.74, 6) is -0.207. The maximum absolute atomic E-state index is 13.1. The van der Waals surface area contributed by atoms with Crippen molar-refractivity contribution in [1.29, 1.82) is 0 Å². The smallest absolute Gasteiger partial charge is 0.129 e. The van der Waals surface area contributed by atoms with E-state index in [1.807, 2.05) is 18.2 Å². The highest BCUT2D eigenvalue weighted by Crippen LogP contribution is 2.18. The molecule has 1 aliphatic rings. The molecule has 0 amide bonds. The monoisotopic (exact) mass is 334 g/mol. The van der Waals surface area contributed by atoms with Crippen molar-refractivity contribution in [3.8, 4) is 0 Å². The van der Waals surface area contributed by atoms with Gasteiger partial charge >= 0.3 is 0 Å². The van der Waals surface area contributed by atoms with Crippen LogP contribution in [0.15, 0.2) is 42.6 Å². The normalized spacial score (nSPS) is 17.8. The molecule has 0 bridgehead atoms. The minimum Gasteiger partial charge on any atom is -0.377 e. The number of rotatable bonds is 6. The molecule has 1 atom stereocenters. The number of aromatic nitrogens is 1. The first-order valence-electron chi connectivity index (χ1n) is 7.88. The Balaban J connectivity index is 1.69. The molecule has 5 heteroatoms. The molecule has 0 spiro atoms. The topological polar surface area (TPSA) is 25.4 Å². The van der Waals surface area contributed by atoms with Crippen molar-refractivity contribution in [2.75, 3.05) is 13.2 Å². The van der Waals surface area contributed by atoms with Crippen molar-refractivity contribution in [2.45, 2.75) is 32.0 Å². The molecule has 0 aliphatic carbocycles. The van der Waals surface area contributed by atoms with Gasteiger partial charge in [0.15, 0.2) is 0 Å². The molecule has 2 aromatic rings. The average molecular weight is 335 g/mol. The number of benzene rings is 1. The largest absolute Gasteiger partial charge is 0.377 e. The lowest BCUT2D eigenvalue weighted by Gasteiger charge is -2.25. The minimum absolute atomic E-state index is 0.207. The summed E-state index contributed by atoms with van der Waals surface area (Å²) >= 11 is 5.85. The van der Waals surface area contributed by atoms with E-state index in [2.05, 4.69) is 9.88 Å². The van der Waals surface area contributed by atoms with Gasteiger partial charge < -0.3 is 4.74 Å². The summed E-state index contributed by atoms with van der Waals surface area (Å²) in [5.41, 5.74) is 2.20. The van der Waals surface area contributed by atoms with Gasteiger partial charge in [0.1, 0.15) is 11.0 Å². The van der Waals surface area contributed by atoms with Gasteiger partial charge in [-0.2, -0.15) is 0 Å². The van der Waals surface area contributed by atoms with Crippen LogP contribution in [0.2, 0.25) is 5.15 Å². The second-order valence-corrected chi connectivity index (χ2v) is 6.31. The van der Waals surface area contributed by atoms with Gasteiger partial charge in [-0.05, 0) is 42.2 Å². The van der Waals surface area contributed by atoms with Gasteiger partial charge in [0.2, 0.25) is 0 Å². The number of ether oxygens (including phenoxy) is 1. The van der Waals surface area contributed by atoms with E-state index in [-0.39, 0.29) is 11.9 Å². The molecule has 0 saturated carbocycles. The first kappa shape index (κ1) is 16.4. The number of pyridine rings is 1. The average Bonchev–Trinajstić information content (AvgIpc) is 3.05. The Morgan fingerprint density at radius 2 is 1.87 bits per heavy atom. The number of hydrogen-bond donors (Lipinski definition) is 0. The maximum Gasteiger partial charge on any atom is 0.129 e. The zero-order valence-electron chi connectivity index (χ0n) is 12.9. The molecule has 1 fully saturated rings. The Bertz CT molecular complexity index is 564. The first-order valence-corrected chi connectivity index (χ1v) is 8.26. The fourth-order valence-corrected chi connectivity index (χ4v) is 2.98. The third-order valence-corrected chi connectivity index (χ3v) is 4.22. The van der Waals surface area contributed by atoms with Gasteiger partial charge in [0.25, 0.3) is 0 Å². The highest BCUT2D eigenvalue weighted by molar-refractivity contribution is 6.29. The molecule has 3 nitrogen and oxygen atoms in total. The van der Waals surface area contributed by atoms with E-state index in [9.17, 15) is 4.39 Å². The third-order valence-electron chi connectivity index (χ3n) is 4.00. The fraction of sp³-hybridized carbons (Fsp3) is 0.389. The molecule has 0 N–H and O–H groups in total. The van der Waals surface area contributed by atoms with E-state index in [0.717, 1.165) is 50.2 Å². The molecular formula is C18H20ClFN2O. The molecule has 1 aliphatic heterocycles. The second-order valence-electron chi connectivity index (χ2n) is 5.92. The number of nitrogens with zero attached hydrogens (tertiary/aromatic N) is 2. The van der Waals surface area contributed by atoms with Gasteiger partial charge in [-0.15, -0.1) is 0 Å². The second kappa shape index (κ2) is 7.86. The summed E-state index contributed by atoms with van der Waals surface area (Å²) in [5, 5.41) is 0.498. The van der Waals surface area contributed by atoms with E-state index in [1.54, 1.807) is 12.3 Å². The van der Waals surface area contributed by atoms with Crippen LogP contribution in [0, 0.1) is 5.82 Å². The Morgan fingerprint density at radius 3 is 2.52 bits per heavy atom. The molecule has 3 rings (SSSR count). The molecule has 23 heavy (non-hydrogen) atoms. The quantitative estimate of drug-likeness (QED) is 0.745. The molecular weight excluding hydrogens is 315 g/mol. The lowest BCUT2D eigenvalue weighted by Crippen LogP contribution is -2.31. The SMILES string of the molecule is Fc1ccc(CN(Cc2ccc(Cl)nc2)C[C@@H]2CCCO2)cc1. The van der Waals surface area contributed by atoms with Crippen LogP contribution in [0.1, 0.15) is 24.0 Å². The molecule has 1 aromatic carbocycles. The standard InChI is InChI=1S/C18H20ClFN2O/c19-18-8-5-15(10-21-18)12-22(13-17-2-1-9-23-17)11-14-3-6-16(20)7-4-14/h3-8,10,17H,1-2,9,11-13H2/t17-/m0/s1. The molecule has 0 radical (unpaired) electrons. The predicted molar refractivity (Wildman–Crippen MR) is 88.7 cm³/mol. The van der Waals surface area contributed by atoms with Crippen LogP contribution in [0.25, 0.3) is 0 Å². The van der Waals surface area contributed by atoms with Gasteiger partial charge in [-0.1, -0.05) is 29.8 Å². The summed E-state index contributed by atoms with van der Waals surface area (Å²) in [7, 11) is 0.